The van der Waals surface area contributed by atoms with Crippen LogP contribution in [0.3, 0.4) is 0 Å². The number of piperidine rings is 1. The Bertz CT molecular complexity index is 293. The fraction of sp³-hybridized carbons (Fsp3) is 1.00. The second-order valence-electron chi connectivity index (χ2n) is 4.15. The highest BCUT2D eigenvalue weighted by Crippen LogP contribution is 2.19. The molecule has 1 aliphatic rings. The van der Waals surface area contributed by atoms with Crippen LogP contribution in [-0.2, 0) is 14.8 Å². The van der Waals surface area contributed by atoms with Gasteiger partial charge in [0.1, 0.15) is 0 Å². The fourth-order valence-corrected chi connectivity index (χ4v) is 3.84. The highest BCUT2D eigenvalue weighted by molar-refractivity contribution is 7.89. The van der Waals surface area contributed by atoms with E-state index in [1.54, 1.807) is 11.4 Å². The standard InChI is InChI=1S/C10H22N2O3S/c1-3-10(8-11)16(13,14)12-6-4-9(15-2)5-7-12/h9-10H,3-8,11H2,1-2H3. The summed E-state index contributed by atoms with van der Waals surface area (Å²) in [5.74, 6) is 0. The molecule has 0 spiro atoms. The van der Waals surface area contributed by atoms with Gasteiger partial charge in [0.15, 0.2) is 0 Å². The van der Waals surface area contributed by atoms with E-state index in [2.05, 4.69) is 0 Å². The minimum Gasteiger partial charge on any atom is -0.381 e. The van der Waals surface area contributed by atoms with Gasteiger partial charge in [-0.05, 0) is 19.3 Å². The summed E-state index contributed by atoms with van der Waals surface area (Å²) in [4.78, 5) is 0. The molecule has 1 fully saturated rings. The largest absolute Gasteiger partial charge is 0.381 e. The molecule has 1 unspecified atom stereocenters. The van der Waals surface area contributed by atoms with Crippen LogP contribution in [0.25, 0.3) is 0 Å². The van der Waals surface area contributed by atoms with E-state index in [-0.39, 0.29) is 12.6 Å². The summed E-state index contributed by atoms with van der Waals surface area (Å²) in [7, 11) is -1.53. The number of hydrogen-bond donors (Lipinski definition) is 1. The summed E-state index contributed by atoms with van der Waals surface area (Å²) in [5.41, 5.74) is 5.50. The Morgan fingerprint density at radius 2 is 2.00 bits per heavy atom. The number of sulfonamides is 1. The van der Waals surface area contributed by atoms with Crippen molar-refractivity contribution in [2.24, 2.45) is 5.73 Å². The van der Waals surface area contributed by atoms with Crippen molar-refractivity contribution in [2.45, 2.75) is 37.5 Å². The van der Waals surface area contributed by atoms with Crippen molar-refractivity contribution in [3.63, 3.8) is 0 Å². The average molecular weight is 250 g/mol. The van der Waals surface area contributed by atoms with Crippen molar-refractivity contribution in [2.75, 3.05) is 26.7 Å². The third-order valence-electron chi connectivity index (χ3n) is 3.23. The second kappa shape index (κ2) is 5.95. The van der Waals surface area contributed by atoms with Gasteiger partial charge in [-0.3, -0.25) is 0 Å². The first-order chi connectivity index (χ1) is 7.56. The maximum atomic E-state index is 12.1. The van der Waals surface area contributed by atoms with Crippen LogP contribution in [0.1, 0.15) is 26.2 Å². The van der Waals surface area contributed by atoms with Crippen molar-refractivity contribution >= 4 is 10.0 Å². The molecule has 0 radical (unpaired) electrons. The van der Waals surface area contributed by atoms with Gasteiger partial charge in [-0.25, -0.2) is 12.7 Å². The second-order valence-corrected chi connectivity index (χ2v) is 6.36. The third-order valence-corrected chi connectivity index (χ3v) is 5.69. The van der Waals surface area contributed by atoms with Crippen LogP contribution in [0.15, 0.2) is 0 Å². The Morgan fingerprint density at radius 1 is 1.44 bits per heavy atom. The summed E-state index contributed by atoms with van der Waals surface area (Å²) in [5, 5.41) is -0.438. The Kier molecular flexibility index (Phi) is 5.17. The topological polar surface area (TPSA) is 72.6 Å². The van der Waals surface area contributed by atoms with Gasteiger partial charge < -0.3 is 10.5 Å². The first-order valence-electron chi connectivity index (χ1n) is 5.78. The van der Waals surface area contributed by atoms with E-state index in [0.717, 1.165) is 12.8 Å². The number of nitrogens with zero attached hydrogens (tertiary/aromatic N) is 1. The molecule has 5 nitrogen and oxygen atoms in total. The smallest absolute Gasteiger partial charge is 0.218 e. The van der Waals surface area contributed by atoms with Crippen LogP contribution in [-0.4, -0.2) is 50.8 Å². The lowest BCUT2D eigenvalue weighted by Crippen LogP contribution is -2.46. The van der Waals surface area contributed by atoms with Crippen molar-refractivity contribution in [1.82, 2.24) is 4.31 Å². The van der Waals surface area contributed by atoms with Gasteiger partial charge in [0.25, 0.3) is 0 Å². The molecule has 0 aromatic heterocycles. The molecule has 1 saturated heterocycles. The quantitative estimate of drug-likeness (QED) is 0.754. The van der Waals surface area contributed by atoms with Gasteiger partial charge in [-0.1, -0.05) is 6.92 Å². The van der Waals surface area contributed by atoms with E-state index in [4.69, 9.17) is 10.5 Å². The molecule has 96 valence electrons. The predicted molar refractivity (Wildman–Crippen MR) is 63.7 cm³/mol. The van der Waals surface area contributed by atoms with E-state index in [9.17, 15) is 8.42 Å². The lowest BCUT2D eigenvalue weighted by Gasteiger charge is -2.32. The molecule has 0 saturated carbocycles. The summed E-state index contributed by atoms with van der Waals surface area (Å²) in [6, 6.07) is 0. The Hall–Kier alpha value is -0.170. The van der Waals surface area contributed by atoms with Gasteiger partial charge in [0, 0.05) is 26.7 Å². The van der Waals surface area contributed by atoms with Gasteiger partial charge in [-0.2, -0.15) is 0 Å². The van der Waals surface area contributed by atoms with Gasteiger partial charge in [0.05, 0.1) is 11.4 Å². The monoisotopic (exact) mass is 250 g/mol. The highest BCUT2D eigenvalue weighted by atomic mass is 32.2. The minimum atomic E-state index is -3.20. The number of methoxy groups -OCH3 is 1. The van der Waals surface area contributed by atoms with Crippen LogP contribution in [0, 0.1) is 0 Å². The van der Waals surface area contributed by atoms with Crippen LogP contribution >= 0.6 is 0 Å². The fourth-order valence-electron chi connectivity index (χ4n) is 2.03. The van der Waals surface area contributed by atoms with E-state index < -0.39 is 15.3 Å². The van der Waals surface area contributed by atoms with E-state index in [1.165, 1.54) is 0 Å². The van der Waals surface area contributed by atoms with Crippen molar-refractivity contribution in [1.29, 1.82) is 0 Å². The molecule has 0 aromatic carbocycles. The number of rotatable bonds is 5. The van der Waals surface area contributed by atoms with Gasteiger partial charge in [-0.15, -0.1) is 0 Å². The normalized spacial score (nSPS) is 22.2. The van der Waals surface area contributed by atoms with Gasteiger partial charge >= 0.3 is 0 Å². The molecular formula is C10H22N2O3S. The maximum absolute atomic E-state index is 12.1. The number of nitrogens with two attached hydrogens (primary N) is 1. The van der Waals surface area contributed by atoms with Crippen molar-refractivity contribution < 1.29 is 13.2 Å². The summed E-state index contributed by atoms with van der Waals surface area (Å²) in [6.07, 6.45) is 2.32. The van der Waals surface area contributed by atoms with E-state index in [0.29, 0.717) is 19.5 Å². The Morgan fingerprint density at radius 3 is 2.38 bits per heavy atom. The van der Waals surface area contributed by atoms with Crippen LogP contribution in [0.2, 0.25) is 0 Å². The Labute approximate surface area is 98.0 Å². The van der Waals surface area contributed by atoms with Crippen LogP contribution in [0.4, 0.5) is 0 Å². The molecule has 0 aromatic rings. The lowest BCUT2D eigenvalue weighted by molar-refractivity contribution is 0.0602. The van der Waals surface area contributed by atoms with Crippen molar-refractivity contribution in [3.8, 4) is 0 Å². The Balaban J connectivity index is 2.64. The highest BCUT2D eigenvalue weighted by Gasteiger charge is 2.32. The molecule has 1 aliphatic heterocycles. The average Bonchev–Trinajstić information content (AvgIpc) is 2.30. The molecule has 2 N–H and O–H groups in total. The predicted octanol–water partition coefficient (Wildman–Crippen LogP) is 0.164. The molecule has 1 heterocycles. The summed E-state index contributed by atoms with van der Waals surface area (Å²) >= 11 is 0. The SMILES string of the molecule is CCC(CN)S(=O)(=O)N1CCC(OC)CC1. The first-order valence-corrected chi connectivity index (χ1v) is 7.28. The summed E-state index contributed by atoms with van der Waals surface area (Å²) in [6.45, 7) is 3.16. The van der Waals surface area contributed by atoms with E-state index >= 15 is 0 Å². The molecule has 1 rings (SSSR count). The number of ether oxygens (including phenoxy) is 1. The molecule has 6 heteroatoms. The molecule has 0 bridgehead atoms. The lowest BCUT2D eigenvalue weighted by atomic mass is 10.1. The number of hydrogen-bond acceptors (Lipinski definition) is 4. The maximum Gasteiger partial charge on any atom is 0.218 e. The zero-order valence-electron chi connectivity index (χ0n) is 10.1. The first kappa shape index (κ1) is 13.9. The van der Waals surface area contributed by atoms with E-state index in [1.807, 2.05) is 6.92 Å². The van der Waals surface area contributed by atoms with Crippen LogP contribution in [0.5, 0.6) is 0 Å². The zero-order chi connectivity index (χ0) is 12.2. The molecule has 0 amide bonds. The molecule has 16 heavy (non-hydrogen) atoms. The summed E-state index contributed by atoms with van der Waals surface area (Å²) < 4.78 is 31.1. The molecule has 0 aliphatic carbocycles. The van der Waals surface area contributed by atoms with Crippen LogP contribution < -0.4 is 5.73 Å². The molecule has 1 atom stereocenters. The molecular weight excluding hydrogens is 228 g/mol. The third kappa shape index (κ3) is 2.94. The zero-order valence-corrected chi connectivity index (χ0v) is 10.9. The van der Waals surface area contributed by atoms with Crippen molar-refractivity contribution in [3.05, 3.63) is 0 Å². The minimum absolute atomic E-state index is 0.197. The van der Waals surface area contributed by atoms with Gasteiger partial charge in [0.2, 0.25) is 10.0 Å².